The molecule has 4 nitrogen and oxygen atoms in total. The molecule has 1 aliphatic rings. The van der Waals surface area contributed by atoms with Crippen molar-refractivity contribution in [2.45, 2.75) is 57.1 Å². The molecule has 0 aromatic heterocycles. The summed E-state index contributed by atoms with van der Waals surface area (Å²) in [7, 11) is 0. The molecule has 22 heavy (non-hydrogen) atoms. The summed E-state index contributed by atoms with van der Waals surface area (Å²) in [6.45, 7) is 8.55. The van der Waals surface area contributed by atoms with Crippen LogP contribution in [0.2, 0.25) is 0 Å². The summed E-state index contributed by atoms with van der Waals surface area (Å²) in [5, 5.41) is 0. The van der Waals surface area contributed by atoms with Gasteiger partial charge in [-0.05, 0) is 57.2 Å². The van der Waals surface area contributed by atoms with Crippen LogP contribution in [0.25, 0.3) is 0 Å². The normalized spacial score (nSPS) is 22.5. The summed E-state index contributed by atoms with van der Waals surface area (Å²) in [5.74, 6) is 0.477. The molecule has 0 bridgehead atoms. The van der Waals surface area contributed by atoms with Crippen molar-refractivity contribution >= 4 is 24.4 Å². The molecule has 1 heterocycles. The summed E-state index contributed by atoms with van der Waals surface area (Å²) in [6.07, 6.45) is 1.76. The highest BCUT2D eigenvalue weighted by Crippen LogP contribution is 2.35. The van der Waals surface area contributed by atoms with Gasteiger partial charge in [0.25, 0.3) is 0 Å². The zero-order chi connectivity index (χ0) is 16.5. The topological polar surface area (TPSA) is 55.6 Å². The van der Waals surface area contributed by atoms with Gasteiger partial charge < -0.3 is 15.4 Å². The molecule has 1 unspecified atom stereocenters. The van der Waals surface area contributed by atoms with Crippen molar-refractivity contribution in [1.82, 2.24) is 4.90 Å². The van der Waals surface area contributed by atoms with E-state index in [0.717, 1.165) is 23.3 Å². The van der Waals surface area contributed by atoms with Gasteiger partial charge in [0.05, 0.1) is 6.04 Å². The molecule has 1 fully saturated rings. The number of ether oxygens (including phenoxy) is 1. The van der Waals surface area contributed by atoms with E-state index in [-0.39, 0.29) is 12.1 Å². The maximum atomic E-state index is 12.6. The lowest BCUT2D eigenvalue weighted by molar-refractivity contribution is 0.00364. The Kier molecular flexibility index (Phi) is 4.95. The highest BCUT2D eigenvalue weighted by atomic mass is 32.1. The van der Waals surface area contributed by atoms with Crippen molar-refractivity contribution in [2.24, 2.45) is 5.92 Å². The van der Waals surface area contributed by atoms with E-state index >= 15 is 0 Å². The Morgan fingerprint density at radius 3 is 2.64 bits per heavy atom. The standard InChI is InChI=1S/C17H26N2O2S/c1-11-5-7-14(12-6-8-15(22)13(18)9-12)19(10-11)16(20)21-17(2,3)4/h6,8-9,11,14,22H,5,7,10,18H2,1-4H3/t11?,14-/m0/s1. The van der Waals surface area contributed by atoms with Gasteiger partial charge in [-0.1, -0.05) is 13.0 Å². The van der Waals surface area contributed by atoms with Crippen LogP contribution in [0, 0.1) is 5.92 Å². The van der Waals surface area contributed by atoms with Crippen LogP contribution in [-0.2, 0) is 4.74 Å². The molecule has 2 atom stereocenters. The van der Waals surface area contributed by atoms with Crippen molar-refractivity contribution in [3.8, 4) is 0 Å². The number of nitrogens with two attached hydrogens (primary N) is 1. The molecular weight excluding hydrogens is 296 g/mol. The molecule has 5 heteroatoms. The van der Waals surface area contributed by atoms with E-state index in [2.05, 4.69) is 19.6 Å². The van der Waals surface area contributed by atoms with Crippen LogP contribution in [0.1, 0.15) is 52.1 Å². The minimum Gasteiger partial charge on any atom is -0.444 e. The van der Waals surface area contributed by atoms with Gasteiger partial charge in [-0.3, -0.25) is 0 Å². The number of anilines is 1. The van der Waals surface area contributed by atoms with E-state index in [9.17, 15) is 4.79 Å². The first-order valence-corrected chi connectivity index (χ1v) is 8.20. The van der Waals surface area contributed by atoms with Crippen LogP contribution in [0.4, 0.5) is 10.5 Å². The highest BCUT2D eigenvalue weighted by Gasteiger charge is 2.33. The molecule has 2 rings (SSSR count). The Labute approximate surface area is 138 Å². The van der Waals surface area contributed by atoms with E-state index in [1.807, 2.05) is 43.9 Å². The number of hydrogen-bond acceptors (Lipinski definition) is 4. The maximum Gasteiger partial charge on any atom is 0.410 e. The van der Waals surface area contributed by atoms with Crippen molar-refractivity contribution in [3.63, 3.8) is 0 Å². The number of piperidine rings is 1. The second-order valence-electron chi connectivity index (χ2n) is 7.15. The van der Waals surface area contributed by atoms with Crippen molar-refractivity contribution < 1.29 is 9.53 Å². The summed E-state index contributed by atoms with van der Waals surface area (Å²) < 4.78 is 5.57. The van der Waals surface area contributed by atoms with Gasteiger partial charge in [0.2, 0.25) is 0 Å². The molecular formula is C17H26N2O2S. The molecule has 0 radical (unpaired) electrons. The van der Waals surface area contributed by atoms with Gasteiger partial charge in [-0.25, -0.2) is 4.79 Å². The number of likely N-dealkylation sites (tertiary alicyclic amines) is 1. The quantitative estimate of drug-likeness (QED) is 0.600. The highest BCUT2D eigenvalue weighted by molar-refractivity contribution is 7.80. The minimum absolute atomic E-state index is 0.0160. The number of carbonyl (C=O) groups is 1. The number of nitrogens with zero attached hydrogens (tertiary/aromatic N) is 1. The third-order valence-corrected chi connectivity index (χ3v) is 4.29. The van der Waals surface area contributed by atoms with E-state index in [0.29, 0.717) is 18.2 Å². The Hall–Kier alpha value is -1.36. The number of carbonyl (C=O) groups excluding carboxylic acids is 1. The fraction of sp³-hybridized carbons (Fsp3) is 0.588. The van der Waals surface area contributed by atoms with Crippen molar-refractivity contribution in [1.29, 1.82) is 0 Å². The Bertz CT molecular complexity index is 554. The molecule has 1 amide bonds. The number of amides is 1. The first kappa shape index (κ1) is 17.0. The number of hydrogen-bond donors (Lipinski definition) is 2. The average Bonchev–Trinajstić information content (AvgIpc) is 2.40. The third-order valence-electron chi connectivity index (χ3n) is 3.88. The molecule has 0 aliphatic carbocycles. The van der Waals surface area contributed by atoms with Crippen LogP contribution >= 0.6 is 12.6 Å². The second-order valence-corrected chi connectivity index (χ2v) is 7.63. The van der Waals surface area contributed by atoms with Gasteiger partial charge in [0.1, 0.15) is 5.60 Å². The van der Waals surface area contributed by atoms with Gasteiger partial charge in [-0.2, -0.15) is 0 Å². The largest absolute Gasteiger partial charge is 0.444 e. The van der Waals surface area contributed by atoms with Crippen molar-refractivity contribution in [3.05, 3.63) is 23.8 Å². The van der Waals surface area contributed by atoms with Crippen LogP contribution in [0.5, 0.6) is 0 Å². The molecule has 1 aliphatic heterocycles. The Morgan fingerprint density at radius 2 is 2.05 bits per heavy atom. The van der Waals surface area contributed by atoms with Gasteiger partial charge in [-0.15, -0.1) is 12.6 Å². The lowest BCUT2D eigenvalue weighted by Gasteiger charge is -2.39. The van der Waals surface area contributed by atoms with Gasteiger partial charge >= 0.3 is 6.09 Å². The van der Waals surface area contributed by atoms with E-state index in [4.69, 9.17) is 10.5 Å². The summed E-state index contributed by atoms with van der Waals surface area (Å²) in [4.78, 5) is 15.2. The first-order chi connectivity index (χ1) is 10.2. The zero-order valence-electron chi connectivity index (χ0n) is 13.8. The molecule has 1 aromatic rings. The third kappa shape index (κ3) is 4.09. The second kappa shape index (κ2) is 6.41. The molecule has 0 saturated carbocycles. The monoisotopic (exact) mass is 322 g/mol. The van der Waals surface area contributed by atoms with E-state index in [1.165, 1.54) is 0 Å². The smallest absolute Gasteiger partial charge is 0.410 e. The van der Waals surface area contributed by atoms with Crippen LogP contribution in [-0.4, -0.2) is 23.1 Å². The van der Waals surface area contributed by atoms with E-state index in [1.54, 1.807) is 0 Å². The lowest BCUT2D eigenvalue weighted by Crippen LogP contribution is -2.44. The molecule has 2 N–H and O–H groups in total. The molecule has 122 valence electrons. The predicted octanol–water partition coefficient (Wildman–Crippen LogP) is 4.27. The fourth-order valence-corrected chi connectivity index (χ4v) is 2.94. The predicted molar refractivity (Wildman–Crippen MR) is 92.2 cm³/mol. The number of nitrogen functional groups attached to an aromatic ring is 1. The number of thiol groups is 1. The molecule has 1 aromatic carbocycles. The Morgan fingerprint density at radius 1 is 1.36 bits per heavy atom. The lowest BCUT2D eigenvalue weighted by atomic mass is 9.90. The van der Waals surface area contributed by atoms with Crippen LogP contribution in [0.3, 0.4) is 0 Å². The average molecular weight is 322 g/mol. The first-order valence-electron chi connectivity index (χ1n) is 7.75. The van der Waals surface area contributed by atoms with Gasteiger partial charge in [0, 0.05) is 17.1 Å². The number of benzene rings is 1. The van der Waals surface area contributed by atoms with Crippen LogP contribution < -0.4 is 5.73 Å². The van der Waals surface area contributed by atoms with Crippen LogP contribution in [0.15, 0.2) is 23.1 Å². The number of rotatable bonds is 1. The zero-order valence-corrected chi connectivity index (χ0v) is 14.7. The van der Waals surface area contributed by atoms with Gasteiger partial charge in [0.15, 0.2) is 0 Å². The van der Waals surface area contributed by atoms with E-state index < -0.39 is 5.60 Å². The molecule has 1 saturated heterocycles. The fourth-order valence-electron chi connectivity index (χ4n) is 2.80. The van der Waals surface area contributed by atoms with Crippen molar-refractivity contribution in [2.75, 3.05) is 12.3 Å². The molecule has 0 spiro atoms. The Balaban J connectivity index is 2.26. The maximum absolute atomic E-state index is 12.6. The summed E-state index contributed by atoms with van der Waals surface area (Å²) >= 11 is 4.31. The summed E-state index contributed by atoms with van der Waals surface area (Å²) in [6, 6.07) is 5.82. The SMILES string of the molecule is CC1CC[C@@H](c2ccc(S)c(N)c2)N(C(=O)OC(C)(C)C)C1. The minimum atomic E-state index is -0.490. The summed E-state index contributed by atoms with van der Waals surface area (Å²) in [5.41, 5.74) is 7.17.